The summed E-state index contributed by atoms with van der Waals surface area (Å²) >= 11 is 0. The molecule has 4 rings (SSSR count). The molecule has 4 nitrogen and oxygen atoms in total. The number of rotatable bonds is 3. The predicted molar refractivity (Wildman–Crippen MR) is 90.7 cm³/mol. The first kappa shape index (κ1) is 14.2. The number of hydrogen-bond acceptors (Lipinski definition) is 3. The lowest BCUT2D eigenvalue weighted by Crippen LogP contribution is -2.31. The van der Waals surface area contributed by atoms with Gasteiger partial charge in [-0.05, 0) is 55.0 Å². The van der Waals surface area contributed by atoms with Crippen molar-refractivity contribution in [2.24, 2.45) is 0 Å². The maximum absolute atomic E-state index is 12.0. The lowest BCUT2D eigenvalue weighted by Gasteiger charge is -2.30. The summed E-state index contributed by atoms with van der Waals surface area (Å²) in [6, 6.07) is 10.7. The van der Waals surface area contributed by atoms with Crippen LogP contribution in [0.5, 0.6) is 0 Å². The van der Waals surface area contributed by atoms with Crippen LogP contribution in [-0.4, -0.2) is 23.5 Å². The zero-order valence-electron chi connectivity index (χ0n) is 13.4. The van der Waals surface area contributed by atoms with E-state index in [-0.39, 0.29) is 5.91 Å². The summed E-state index contributed by atoms with van der Waals surface area (Å²) in [4.78, 5) is 18.8. The molecule has 1 aromatic heterocycles. The number of anilines is 1. The van der Waals surface area contributed by atoms with Crippen molar-refractivity contribution in [2.75, 3.05) is 11.4 Å². The van der Waals surface area contributed by atoms with Gasteiger partial charge in [-0.3, -0.25) is 4.79 Å². The topological polar surface area (TPSA) is 45.2 Å². The van der Waals surface area contributed by atoms with Gasteiger partial charge in [-0.1, -0.05) is 18.2 Å². The molecule has 2 aromatic rings. The molecule has 1 aliphatic carbocycles. The fourth-order valence-electron chi connectivity index (χ4n) is 3.15. The average molecular weight is 307 g/mol. The molecule has 0 bridgehead atoms. The molecule has 2 heterocycles. The van der Waals surface area contributed by atoms with E-state index in [1.807, 2.05) is 12.1 Å². The fraction of sp³-hybridized carbons (Fsp3) is 0.368. The second-order valence-electron chi connectivity index (χ2n) is 6.54. The summed E-state index contributed by atoms with van der Waals surface area (Å²) in [5.74, 6) is 0.938. The molecule has 0 saturated heterocycles. The molecule has 1 fully saturated rings. The third-order valence-corrected chi connectivity index (χ3v) is 4.75. The number of nitrogens with one attached hydrogen (secondary N) is 1. The van der Waals surface area contributed by atoms with Gasteiger partial charge in [-0.25, -0.2) is 4.98 Å². The third-order valence-electron chi connectivity index (χ3n) is 4.75. The van der Waals surface area contributed by atoms with Gasteiger partial charge in [0.05, 0.1) is 5.56 Å². The van der Waals surface area contributed by atoms with Crippen molar-refractivity contribution >= 4 is 11.7 Å². The molecular formula is C19H21N3O. The van der Waals surface area contributed by atoms with E-state index in [9.17, 15) is 4.79 Å². The van der Waals surface area contributed by atoms with Crippen molar-refractivity contribution in [1.29, 1.82) is 0 Å². The summed E-state index contributed by atoms with van der Waals surface area (Å²) in [5.41, 5.74) is 4.85. The number of fused-ring (bicyclic) bond motifs is 1. The van der Waals surface area contributed by atoms with Crippen LogP contribution in [0.4, 0.5) is 5.82 Å². The Morgan fingerprint density at radius 3 is 2.87 bits per heavy atom. The third kappa shape index (κ3) is 2.93. The van der Waals surface area contributed by atoms with Crippen LogP contribution < -0.4 is 10.2 Å². The molecule has 1 aromatic carbocycles. The van der Waals surface area contributed by atoms with Gasteiger partial charge in [0.25, 0.3) is 5.91 Å². The van der Waals surface area contributed by atoms with Gasteiger partial charge in [0.15, 0.2) is 0 Å². The Hall–Kier alpha value is -2.36. The number of pyridine rings is 1. The molecule has 118 valence electrons. The highest BCUT2D eigenvalue weighted by Gasteiger charge is 2.24. The summed E-state index contributed by atoms with van der Waals surface area (Å²) in [7, 11) is 0. The minimum absolute atomic E-state index is 0.00798. The first-order valence-electron chi connectivity index (χ1n) is 8.30. The van der Waals surface area contributed by atoms with Crippen LogP contribution in [0.1, 0.15) is 39.9 Å². The fourth-order valence-corrected chi connectivity index (χ4v) is 3.15. The second kappa shape index (κ2) is 5.69. The highest BCUT2D eigenvalue weighted by molar-refractivity contribution is 5.94. The number of carbonyl (C=O) groups is 1. The van der Waals surface area contributed by atoms with Crippen molar-refractivity contribution in [2.45, 2.75) is 38.8 Å². The Balaban J connectivity index is 1.50. The molecule has 0 radical (unpaired) electrons. The van der Waals surface area contributed by atoms with E-state index in [0.717, 1.165) is 38.2 Å². The Kier molecular flexibility index (Phi) is 3.52. The Morgan fingerprint density at radius 2 is 2.13 bits per heavy atom. The van der Waals surface area contributed by atoms with Crippen LogP contribution in [0.2, 0.25) is 0 Å². The van der Waals surface area contributed by atoms with Crippen molar-refractivity contribution in [3.63, 3.8) is 0 Å². The van der Waals surface area contributed by atoms with E-state index >= 15 is 0 Å². The molecule has 0 atom stereocenters. The number of benzene rings is 1. The summed E-state index contributed by atoms with van der Waals surface area (Å²) in [5, 5.41) is 3.00. The van der Waals surface area contributed by atoms with Crippen LogP contribution in [0.15, 0.2) is 36.5 Å². The number of nitrogens with zero attached hydrogens (tertiary/aromatic N) is 2. The summed E-state index contributed by atoms with van der Waals surface area (Å²) in [6.45, 7) is 4.03. The smallest absolute Gasteiger partial charge is 0.253 e. The average Bonchev–Trinajstić information content (AvgIpc) is 3.39. The van der Waals surface area contributed by atoms with E-state index < -0.39 is 0 Å². The minimum Gasteiger partial charge on any atom is -0.352 e. The first-order valence-corrected chi connectivity index (χ1v) is 8.30. The van der Waals surface area contributed by atoms with Crippen LogP contribution in [0.25, 0.3) is 0 Å². The highest BCUT2D eigenvalue weighted by atomic mass is 16.1. The normalized spacial score (nSPS) is 16.8. The van der Waals surface area contributed by atoms with Crippen molar-refractivity contribution in [3.05, 3.63) is 58.8 Å². The maximum atomic E-state index is 12.0. The molecule has 0 unspecified atom stereocenters. The molecule has 23 heavy (non-hydrogen) atoms. The molecule has 1 aliphatic heterocycles. The van der Waals surface area contributed by atoms with Gasteiger partial charge in [-0.15, -0.1) is 0 Å². The standard InChI is InChI=1S/C19H21N3O/c1-13-3-2-4-14-9-10-22(12-17(13)14)18-8-5-15(11-20-18)19(23)21-16-6-7-16/h2-5,8,11,16H,6-7,9-10,12H2,1H3,(H,21,23). The largest absolute Gasteiger partial charge is 0.352 e. The second-order valence-corrected chi connectivity index (χ2v) is 6.54. The van der Waals surface area contributed by atoms with Crippen LogP contribution in [0, 0.1) is 6.92 Å². The van der Waals surface area contributed by atoms with E-state index in [2.05, 4.69) is 40.3 Å². The zero-order valence-corrected chi connectivity index (χ0v) is 13.4. The SMILES string of the molecule is Cc1cccc2c1CN(c1ccc(C(=O)NC3CC3)cn1)CC2. The molecule has 1 amide bonds. The van der Waals surface area contributed by atoms with Gasteiger partial charge in [0.2, 0.25) is 0 Å². The summed E-state index contributed by atoms with van der Waals surface area (Å²) in [6.07, 6.45) is 4.94. The monoisotopic (exact) mass is 307 g/mol. The van der Waals surface area contributed by atoms with E-state index in [4.69, 9.17) is 0 Å². The number of aromatic nitrogens is 1. The van der Waals surface area contributed by atoms with E-state index in [1.54, 1.807) is 6.20 Å². The van der Waals surface area contributed by atoms with Crippen molar-refractivity contribution in [1.82, 2.24) is 10.3 Å². The molecule has 1 saturated carbocycles. The highest BCUT2D eigenvalue weighted by Crippen LogP contribution is 2.25. The summed E-state index contributed by atoms with van der Waals surface area (Å²) < 4.78 is 0. The zero-order chi connectivity index (χ0) is 15.8. The van der Waals surface area contributed by atoms with Gasteiger partial charge in [-0.2, -0.15) is 0 Å². The van der Waals surface area contributed by atoms with Gasteiger partial charge >= 0.3 is 0 Å². The van der Waals surface area contributed by atoms with Crippen molar-refractivity contribution in [3.8, 4) is 0 Å². The lowest BCUT2D eigenvalue weighted by molar-refractivity contribution is 0.0950. The number of amides is 1. The van der Waals surface area contributed by atoms with E-state index in [1.165, 1.54) is 16.7 Å². The Morgan fingerprint density at radius 1 is 1.26 bits per heavy atom. The minimum atomic E-state index is -0.00798. The molecular weight excluding hydrogens is 286 g/mol. The lowest BCUT2D eigenvalue weighted by atomic mass is 9.95. The number of aryl methyl sites for hydroxylation is 1. The van der Waals surface area contributed by atoms with E-state index in [0.29, 0.717) is 11.6 Å². The first-order chi connectivity index (χ1) is 11.2. The molecule has 4 heteroatoms. The quantitative estimate of drug-likeness (QED) is 0.948. The molecule has 0 spiro atoms. The van der Waals surface area contributed by atoms with Crippen molar-refractivity contribution < 1.29 is 4.79 Å². The van der Waals surface area contributed by atoms with Gasteiger partial charge in [0.1, 0.15) is 5.82 Å². The molecule has 2 aliphatic rings. The van der Waals surface area contributed by atoms with Crippen LogP contribution >= 0.6 is 0 Å². The van der Waals surface area contributed by atoms with Crippen LogP contribution in [-0.2, 0) is 13.0 Å². The number of hydrogen-bond donors (Lipinski definition) is 1. The predicted octanol–water partition coefficient (Wildman–Crippen LogP) is 2.84. The van der Waals surface area contributed by atoms with Crippen LogP contribution in [0.3, 0.4) is 0 Å². The van der Waals surface area contributed by atoms with Gasteiger partial charge < -0.3 is 10.2 Å². The van der Waals surface area contributed by atoms with Gasteiger partial charge in [0, 0.05) is 25.3 Å². The Labute approximate surface area is 136 Å². The maximum Gasteiger partial charge on any atom is 0.253 e. The molecule has 1 N–H and O–H groups in total. The Bertz CT molecular complexity index is 735. The number of carbonyl (C=O) groups excluding carboxylic acids is 1.